The maximum absolute atomic E-state index is 5.91. The molecule has 22 heavy (non-hydrogen) atoms. The Morgan fingerprint density at radius 3 is 2.27 bits per heavy atom. The van der Waals surface area contributed by atoms with Crippen LogP contribution in [0.15, 0.2) is 73.3 Å². The minimum Gasteiger partial charge on any atom is -0.378 e. The number of ether oxygens (including phenoxy) is 1. The van der Waals surface area contributed by atoms with Crippen LogP contribution < -0.4 is 5.32 Å². The average molecular weight is 295 g/mol. The third-order valence-electron chi connectivity index (χ3n) is 3.84. The Hall–Kier alpha value is -2.06. The van der Waals surface area contributed by atoms with Gasteiger partial charge >= 0.3 is 0 Å². The monoisotopic (exact) mass is 295 g/mol. The molecule has 0 aliphatic carbocycles. The summed E-state index contributed by atoms with van der Waals surface area (Å²) in [5, 5.41) is 3.53. The van der Waals surface area contributed by atoms with Crippen molar-refractivity contribution in [2.24, 2.45) is 5.92 Å². The molecule has 1 N–H and O–H groups in total. The number of para-hydroxylation sites is 1. The van der Waals surface area contributed by atoms with Gasteiger partial charge in [0.15, 0.2) is 0 Å². The molecule has 0 fully saturated rings. The summed E-state index contributed by atoms with van der Waals surface area (Å²) < 4.78 is 5.91. The standard InChI is InChI=1S/C20H25NO/c1-3-18(16-22-15-17-11-7-5-8-12-17)20(4-2)21-19-13-9-6-10-14-19/h4-14,18,20-21H,2-3,15-16H2,1H3/t18-,20-/m0/s1. The summed E-state index contributed by atoms with van der Waals surface area (Å²) >= 11 is 0. The highest BCUT2D eigenvalue weighted by Crippen LogP contribution is 2.17. The molecule has 0 aliphatic heterocycles. The molecule has 0 bridgehead atoms. The van der Waals surface area contributed by atoms with E-state index in [1.54, 1.807) is 0 Å². The first-order chi connectivity index (χ1) is 10.8. The second kappa shape index (κ2) is 9.06. The number of rotatable bonds is 9. The first kappa shape index (κ1) is 16.3. The fourth-order valence-electron chi connectivity index (χ4n) is 2.47. The lowest BCUT2D eigenvalue weighted by Crippen LogP contribution is -2.30. The van der Waals surface area contributed by atoms with E-state index in [-0.39, 0.29) is 6.04 Å². The highest BCUT2D eigenvalue weighted by Gasteiger charge is 2.17. The fourth-order valence-corrected chi connectivity index (χ4v) is 2.47. The highest BCUT2D eigenvalue weighted by atomic mass is 16.5. The molecule has 0 aliphatic rings. The average Bonchev–Trinajstić information content (AvgIpc) is 2.59. The van der Waals surface area contributed by atoms with Crippen LogP contribution in [-0.4, -0.2) is 12.6 Å². The van der Waals surface area contributed by atoms with E-state index in [2.05, 4.69) is 43.1 Å². The van der Waals surface area contributed by atoms with Crippen molar-refractivity contribution in [3.05, 3.63) is 78.9 Å². The van der Waals surface area contributed by atoms with Gasteiger partial charge in [-0.1, -0.05) is 61.5 Å². The lowest BCUT2D eigenvalue weighted by Gasteiger charge is -2.25. The number of anilines is 1. The van der Waals surface area contributed by atoms with Gasteiger partial charge < -0.3 is 10.1 Å². The number of benzene rings is 2. The highest BCUT2D eigenvalue weighted by molar-refractivity contribution is 5.44. The van der Waals surface area contributed by atoms with Crippen LogP contribution >= 0.6 is 0 Å². The van der Waals surface area contributed by atoms with Crippen molar-refractivity contribution in [2.45, 2.75) is 26.0 Å². The van der Waals surface area contributed by atoms with Crippen LogP contribution in [0.3, 0.4) is 0 Å². The van der Waals surface area contributed by atoms with E-state index < -0.39 is 0 Å². The number of hydrogen-bond donors (Lipinski definition) is 1. The molecular weight excluding hydrogens is 270 g/mol. The molecule has 116 valence electrons. The first-order valence-corrected chi connectivity index (χ1v) is 7.89. The second-order valence-corrected chi connectivity index (χ2v) is 5.44. The van der Waals surface area contributed by atoms with E-state index in [4.69, 9.17) is 4.74 Å². The van der Waals surface area contributed by atoms with Crippen molar-refractivity contribution in [3.8, 4) is 0 Å². The van der Waals surface area contributed by atoms with Gasteiger partial charge in [0.25, 0.3) is 0 Å². The summed E-state index contributed by atoms with van der Waals surface area (Å²) in [6.45, 7) is 7.55. The molecule has 2 rings (SSSR count). The molecule has 2 aromatic carbocycles. The van der Waals surface area contributed by atoms with Crippen LogP contribution in [0.4, 0.5) is 5.69 Å². The number of hydrogen-bond acceptors (Lipinski definition) is 2. The molecule has 2 aromatic rings. The SMILES string of the molecule is C=C[C@H](Nc1ccccc1)[C@@H](CC)COCc1ccccc1. The van der Waals surface area contributed by atoms with Gasteiger partial charge in [-0.2, -0.15) is 0 Å². The summed E-state index contributed by atoms with van der Waals surface area (Å²) in [4.78, 5) is 0. The lowest BCUT2D eigenvalue weighted by molar-refractivity contribution is 0.0834. The normalized spacial score (nSPS) is 13.3. The second-order valence-electron chi connectivity index (χ2n) is 5.44. The third-order valence-corrected chi connectivity index (χ3v) is 3.84. The van der Waals surface area contributed by atoms with Crippen LogP contribution in [0.25, 0.3) is 0 Å². The van der Waals surface area contributed by atoms with Crippen LogP contribution in [0.5, 0.6) is 0 Å². The van der Waals surface area contributed by atoms with Crippen molar-refractivity contribution in [1.82, 2.24) is 0 Å². The summed E-state index contributed by atoms with van der Waals surface area (Å²) in [5.74, 6) is 0.404. The van der Waals surface area contributed by atoms with E-state index in [1.807, 2.05) is 42.5 Å². The van der Waals surface area contributed by atoms with Gasteiger partial charge in [-0.25, -0.2) is 0 Å². The smallest absolute Gasteiger partial charge is 0.0717 e. The summed E-state index contributed by atoms with van der Waals surface area (Å²) in [7, 11) is 0. The van der Waals surface area contributed by atoms with E-state index in [0.717, 1.165) is 18.7 Å². The quantitative estimate of drug-likeness (QED) is 0.665. The Balaban J connectivity index is 1.87. The first-order valence-electron chi connectivity index (χ1n) is 7.89. The molecule has 0 saturated heterocycles. The zero-order valence-corrected chi connectivity index (χ0v) is 13.2. The Kier molecular flexibility index (Phi) is 6.72. The zero-order chi connectivity index (χ0) is 15.6. The van der Waals surface area contributed by atoms with Crippen molar-refractivity contribution < 1.29 is 4.74 Å². The Morgan fingerprint density at radius 2 is 1.68 bits per heavy atom. The number of nitrogens with one attached hydrogen (secondary N) is 1. The molecule has 0 spiro atoms. The predicted molar refractivity (Wildman–Crippen MR) is 93.9 cm³/mol. The minimum atomic E-state index is 0.211. The predicted octanol–water partition coefficient (Wildman–Crippen LogP) is 4.90. The molecule has 2 heteroatoms. The van der Waals surface area contributed by atoms with Crippen molar-refractivity contribution in [2.75, 3.05) is 11.9 Å². The molecule has 0 saturated carbocycles. The van der Waals surface area contributed by atoms with Gasteiger partial charge in [0.05, 0.1) is 13.2 Å². The zero-order valence-electron chi connectivity index (χ0n) is 13.2. The molecule has 0 unspecified atom stereocenters. The van der Waals surface area contributed by atoms with Crippen LogP contribution in [0.2, 0.25) is 0 Å². The lowest BCUT2D eigenvalue weighted by atomic mass is 9.97. The van der Waals surface area contributed by atoms with E-state index in [9.17, 15) is 0 Å². The van der Waals surface area contributed by atoms with E-state index >= 15 is 0 Å². The minimum absolute atomic E-state index is 0.211. The van der Waals surface area contributed by atoms with E-state index in [1.165, 1.54) is 5.56 Å². The Morgan fingerprint density at radius 1 is 1.05 bits per heavy atom. The van der Waals surface area contributed by atoms with Crippen LogP contribution in [0.1, 0.15) is 18.9 Å². The van der Waals surface area contributed by atoms with Gasteiger partial charge in [-0.15, -0.1) is 6.58 Å². The van der Waals surface area contributed by atoms with Crippen LogP contribution in [-0.2, 0) is 11.3 Å². The molecule has 0 heterocycles. The topological polar surface area (TPSA) is 21.3 Å². The summed E-state index contributed by atoms with van der Waals surface area (Å²) in [5.41, 5.74) is 2.33. The Labute approximate surface area is 133 Å². The van der Waals surface area contributed by atoms with Gasteiger partial charge in [0, 0.05) is 17.6 Å². The van der Waals surface area contributed by atoms with Gasteiger partial charge in [-0.3, -0.25) is 0 Å². The van der Waals surface area contributed by atoms with Crippen molar-refractivity contribution >= 4 is 5.69 Å². The molecule has 0 aromatic heterocycles. The molecule has 2 atom stereocenters. The van der Waals surface area contributed by atoms with Crippen molar-refractivity contribution in [3.63, 3.8) is 0 Å². The maximum Gasteiger partial charge on any atom is 0.0717 e. The van der Waals surface area contributed by atoms with Gasteiger partial charge in [0.2, 0.25) is 0 Å². The summed E-state index contributed by atoms with van der Waals surface area (Å²) in [6, 6.07) is 20.8. The molecule has 2 nitrogen and oxygen atoms in total. The maximum atomic E-state index is 5.91. The Bertz CT molecular complexity index is 538. The van der Waals surface area contributed by atoms with Crippen molar-refractivity contribution in [1.29, 1.82) is 0 Å². The van der Waals surface area contributed by atoms with Gasteiger partial charge in [0.1, 0.15) is 0 Å². The van der Waals surface area contributed by atoms with Crippen LogP contribution in [0, 0.1) is 5.92 Å². The van der Waals surface area contributed by atoms with Gasteiger partial charge in [-0.05, 0) is 24.1 Å². The summed E-state index contributed by atoms with van der Waals surface area (Å²) in [6.07, 6.45) is 3.03. The molecular formula is C20H25NO. The van der Waals surface area contributed by atoms with E-state index in [0.29, 0.717) is 12.5 Å². The third kappa shape index (κ3) is 5.05. The molecule has 0 amide bonds. The molecule has 0 radical (unpaired) electrons. The fraction of sp³-hybridized carbons (Fsp3) is 0.300. The largest absolute Gasteiger partial charge is 0.378 e.